The largest absolute Gasteiger partial charge is 0.397 e. The average molecular weight is 266 g/mol. The zero-order valence-corrected chi connectivity index (χ0v) is 12.2. The fraction of sp³-hybridized carbons (Fsp3) is 0.643. The van der Waals surface area contributed by atoms with Crippen LogP contribution in [0.15, 0.2) is 6.07 Å². The van der Waals surface area contributed by atoms with Crippen LogP contribution in [0.4, 0.5) is 10.7 Å². The molecular weight excluding hydrogens is 244 g/mol. The van der Waals surface area contributed by atoms with Gasteiger partial charge in [0.25, 0.3) is 0 Å². The van der Waals surface area contributed by atoms with Crippen molar-refractivity contribution in [1.82, 2.24) is 0 Å². The monoisotopic (exact) mass is 266 g/mol. The van der Waals surface area contributed by atoms with Crippen LogP contribution in [0.2, 0.25) is 0 Å². The zero-order chi connectivity index (χ0) is 13.3. The second kappa shape index (κ2) is 5.31. The van der Waals surface area contributed by atoms with Crippen LogP contribution in [-0.2, 0) is 0 Å². The Hall–Kier alpha value is -1.03. The second-order valence-electron chi connectivity index (χ2n) is 5.58. The minimum Gasteiger partial charge on any atom is -0.397 e. The van der Waals surface area contributed by atoms with E-state index in [2.05, 4.69) is 11.8 Å². The van der Waals surface area contributed by atoms with E-state index in [-0.39, 0.29) is 11.7 Å². The van der Waals surface area contributed by atoms with Crippen LogP contribution < -0.4 is 10.6 Å². The van der Waals surface area contributed by atoms with E-state index in [4.69, 9.17) is 5.73 Å². The molecule has 1 aliphatic rings. The quantitative estimate of drug-likeness (QED) is 0.853. The number of nitrogens with zero attached hydrogens (tertiary/aromatic N) is 1. The summed E-state index contributed by atoms with van der Waals surface area (Å²) in [6, 6.07) is 1.97. The van der Waals surface area contributed by atoms with Gasteiger partial charge in [-0.2, -0.15) is 0 Å². The van der Waals surface area contributed by atoms with Crippen molar-refractivity contribution < 1.29 is 4.79 Å². The molecule has 0 spiro atoms. The van der Waals surface area contributed by atoms with E-state index in [0.717, 1.165) is 28.9 Å². The van der Waals surface area contributed by atoms with Gasteiger partial charge >= 0.3 is 0 Å². The van der Waals surface area contributed by atoms with Crippen LogP contribution in [0.25, 0.3) is 0 Å². The van der Waals surface area contributed by atoms with E-state index in [1.807, 2.05) is 19.9 Å². The second-order valence-corrected chi connectivity index (χ2v) is 6.61. The minimum atomic E-state index is 0.0130. The summed E-state index contributed by atoms with van der Waals surface area (Å²) in [5.74, 6) is 0.902. The zero-order valence-electron chi connectivity index (χ0n) is 11.4. The molecule has 1 aromatic heterocycles. The van der Waals surface area contributed by atoms with Crippen LogP contribution in [0, 0.1) is 11.8 Å². The minimum absolute atomic E-state index is 0.0130. The first-order valence-corrected chi connectivity index (χ1v) is 7.49. The van der Waals surface area contributed by atoms with Crippen molar-refractivity contribution in [3.63, 3.8) is 0 Å². The predicted octanol–water partition coefficient (Wildman–Crippen LogP) is 3.41. The number of nitrogen functional groups attached to an aromatic ring is 1. The molecule has 0 amide bonds. The average Bonchev–Trinajstić information content (AvgIpc) is 2.70. The van der Waals surface area contributed by atoms with Crippen molar-refractivity contribution in [3.05, 3.63) is 10.9 Å². The van der Waals surface area contributed by atoms with Gasteiger partial charge in [0.05, 0.1) is 15.6 Å². The van der Waals surface area contributed by atoms with E-state index < -0.39 is 0 Å². The molecule has 18 heavy (non-hydrogen) atoms. The number of carbonyl (C=O) groups excluding carboxylic acids is 1. The first-order valence-electron chi connectivity index (χ1n) is 6.67. The highest BCUT2D eigenvalue weighted by Crippen LogP contribution is 2.35. The summed E-state index contributed by atoms with van der Waals surface area (Å²) in [6.45, 7) is 8.28. The van der Waals surface area contributed by atoms with Gasteiger partial charge in [0.2, 0.25) is 0 Å². The first kappa shape index (κ1) is 13.4. The smallest absolute Gasteiger partial charge is 0.177 e. The maximum atomic E-state index is 12.0. The molecule has 3 nitrogen and oxygen atoms in total. The number of ketones is 1. The molecule has 1 aromatic rings. The summed E-state index contributed by atoms with van der Waals surface area (Å²) in [7, 11) is 0. The van der Waals surface area contributed by atoms with Crippen LogP contribution in [0.5, 0.6) is 0 Å². The number of hydrogen-bond acceptors (Lipinski definition) is 4. The molecule has 1 fully saturated rings. The molecule has 1 atom stereocenters. The highest BCUT2D eigenvalue weighted by atomic mass is 32.1. The Kier molecular flexibility index (Phi) is 3.95. The van der Waals surface area contributed by atoms with Gasteiger partial charge in [-0.1, -0.05) is 20.8 Å². The Balaban J connectivity index is 2.20. The fourth-order valence-electron chi connectivity index (χ4n) is 2.39. The predicted molar refractivity (Wildman–Crippen MR) is 78.5 cm³/mol. The summed E-state index contributed by atoms with van der Waals surface area (Å²) < 4.78 is 0. The SMILES string of the molecule is CC1CCCN(c2cc(N)c(C(=O)C(C)C)s2)C1. The van der Waals surface area contributed by atoms with Crippen LogP contribution in [0.1, 0.15) is 43.3 Å². The summed E-state index contributed by atoms with van der Waals surface area (Å²) in [4.78, 5) is 15.1. The van der Waals surface area contributed by atoms with Crippen molar-refractivity contribution in [1.29, 1.82) is 0 Å². The number of nitrogens with two attached hydrogens (primary N) is 1. The number of carbonyl (C=O) groups is 1. The third-order valence-corrected chi connectivity index (χ3v) is 4.69. The Morgan fingerprint density at radius 3 is 2.89 bits per heavy atom. The highest BCUT2D eigenvalue weighted by Gasteiger charge is 2.22. The molecule has 0 aromatic carbocycles. The summed E-state index contributed by atoms with van der Waals surface area (Å²) in [6.07, 6.45) is 2.53. The number of anilines is 2. The fourth-order valence-corrected chi connectivity index (χ4v) is 3.59. The summed E-state index contributed by atoms with van der Waals surface area (Å²) in [5.41, 5.74) is 6.63. The van der Waals surface area contributed by atoms with Crippen molar-refractivity contribution >= 4 is 27.8 Å². The molecule has 2 heterocycles. The number of hydrogen-bond donors (Lipinski definition) is 1. The van der Waals surface area contributed by atoms with Gasteiger partial charge in [0, 0.05) is 19.0 Å². The van der Waals surface area contributed by atoms with Gasteiger partial charge in [-0.05, 0) is 24.8 Å². The molecule has 4 heteroatoms. The lowest BCUT2D eigenvalue weighted by molar-refractivity contribution is 0.0944. The number of thiophene rings is 1. The van der Waals surface area contributed by atoms with Crippen molar-refractivity contribution in [2.45, 2.75) is 33.6 Å². The molecule has 2 N–H and O–H groups in total. The van der Waals surface area contributed by atoms with Gasteiger partial charge in [0.1, 0.15) is 0 Å². The maximum Gasteiger partial charge on any atom is 0.177 e. The molecule has 0 radical (unpaired) electrons. The van der Waals surface area contributed by atoms with Crippen LogP contribution in [-0.4, -0.2) is 18.9 Å². The van der Waals surface area contributed by atoms with E-state index >= 15 is 0 Å². The molecule has 1 saturated heterocycles. The van der Waals surface area contributed by atoms with E-state index in [0.29, 0.717) is 5.69 Å². The molecule has 0 saturated carbocycles. The van der Waals surface area contributed by atoms with E-state index in [1.54, 1.807) is 11.3 Å². The Bertz CT molecular complexity index is 439. The summed E-state index contributed by atoms with van der Waals surface area (Å²) in [5, 5.41) is 1.16. The Morgan fingerprint density at radius 2 is 2.28 bits per heavy atom. The Labute approximate surface area is 113 Å². The van der Waals surface area contributed by atoms with Gasteiger partial charge < -0.3 is 10.6 Å². The third-order valence-electron chi connectivity index (χ3n) is 3.46. The molecule has 100 valence electrons. The normalized spacial score (nSPS) is 20.4. The lowest BCUT2D eigenvalue weighted by Crippen LogP contribution is -2.33. The lowest BCUT2D eigenvalue weighted by Gasteiger charge is -2.31. The van der Waals surface area contributed by atoms with Gasteiger partial charge in [-0.15, -0.1) is 11.3 Å². The maximum absolute atomic E-state index is 12.0. The van der Waals surface area contributed by atoms with Crippen molar-refractivity contribution in [3.8, 4) is 0 Å². The van der Waals surface area contributed by atoms with E-state index in [9.17, 15) is 4.79 Å². The number of rotatable bonds is 3. The molecule has 0 aliphatic carbocycles. The van der Waals surface area contributed by atoms with Crippen molar-refractivity contribution in [2.75, 3.05) is 23.7 Å². The molecule has 1 aliphatic heterocycles. The number of piperidine rings is 1. The Morgan fingerprint density at radius 1 is 1.56 bits per heavy atom. The number of Topliss-reactive ketones (excluding diaryl/α,β-unsaturated/α-hetero) is 1. The standard InChI is InChI=1S/C14H22N2OS/c1-9(2)13(17)14-11(15)7-12(18-14)16-6-4-5-10(3)8-16/h7,9-10H,4-6,8,15H2,1-3H3. The first-order chi connectivity index (χ1) is 8.49. The topological polar surface area (TPSA) is 46.3 Å². The third kappa shape index (κ3) is 2.69. The van der Waals surface area contributed by atoms with Gasteiger partial charge in [-0.3, -0.25) is 4.79 Å². The van der Waals surface area contributed by atoms with E-state index in [1.165, 1.54) is 12.8 Å². The lowest BCUT2D eigenvalue weighted by atomic mass is 10.0. The van der Waals surface area contributed by atoms with Gasteiger partial charge in [-0.25, -0.2) is 0 Å². The molecule has 1 unspecified atom stereocenters. The van der Waals surface area contributed by atoms with Gasteiger partial charge in [0.15, 0.2) is 5.78 Å². The van der Waals surface area contributed by atoms with Crippen molar-refractivity contribution in [2.24, 2.45) is 11.8 Å². The molecule has 0 bridgehead atoms. The van der Waals surface area contributed by atoms with Crippen LogP contribution in [0.3, 0.4) is 0 Å². The van der Waals surface area contributed by atoms with Crippen LogP contribution >= 0.6 is 11.3 Å². The molecule has 2 rings (SSSR count). The highest BCUT2D eigenvalue weighted by molar-refractivity contribution is 7.18. The molecular formula is C14H22N2OS. The summed E-state index contributed by atoms with van der Waals surface area (Å²) >= 11 is 1.56.